The van der Waals surface area contributed by atoms with Crippen LogP contribution in [0.2, 0.25) is 0 Å². The number of benzene rings is 2. The van der Waals surface area contributed by atoms with Crippen LogP contribution < -0.4 is 20.8 Å². The number of nitrogens with one attached hydrogen (secondary N) is 1. The molecular weight excluding hydrogens is 408 g/mol. The molecule has 3 rings (SSSR count). The molecule has 158 valence electrons. The monoisotopic (exact) mass is 430 g/mol. The Morgan fingerprint density at radius 2 is 1.87 bits per heavy atom. The number of nitrogens with two attached hydrogens (primary N) is 1. The summed E-state index contributed by atoms with van der Waals surface area (Å²) in [4.78, 5) is 24.0. The number of fused-ring (bicyclic) bond motifs is 1. The fourth-order valence-electron chi connectivity index (χ4n) is 2.96. The van der Waals surface area contributed by atoms with Crippen LogP contribution in [0.1, 0.15) is 25.0 Å². The molecule has 3 N–H and O–H groups in total. The number of hydrogen-bond acceptors (Lipinski definition) is 6. The first-order chi connectivity index (χ1) is 14.2. The zero-order valence-electron chi connectivity index (χ0n) is 16.5. The summed E-state index contributed by atoms with van der Waals surface area (Å²) in [6.07, 6.45) is -0.105. The minimum Gasteiger partial charge on any atom is -0.481 e. The lowest BCUT2D eigenvalue weighted by atomic mass is 10.1. The molecule has 0 bridgehead atoms. The number of primary sulfonamides is 1. The van der Waals surface area contributed by atoms with Crippen molar-refractivity contribution in [2.24, 2.45) is 5.14 Å². The molecule has 30 heavy (non-hydrogen) atoms. The van der Waals surface area contributed by atoms with Gasteiger partial charge in [0.15, 0.2) is 6.10 Å². The third-order valence-corrected chi connectivity index (χ3v) is 5.51. The first kappa shape index (κ1) is 21.5. The summed E-state index contributed by atoms with van der Waals surface area (Å²) in [6, 6.07) is 12.5. The molecule has 1 aromatic heterocycles. The maximum absolute atomic E-state index is 12.3. The fraction of sp³-hybridized carbons (Fsp3) is 0.238. The van der Waals surface area contributed by atoms with E-state index < -0.39 is 21.8 Å². The number of carbonyl (C=O) groups is 1. The molecule has 3 aromatic rings. The van der Waals surface area contributed by atoms with E-state index >= 15 is 0 Å². The number of aryl methyl sites for hydroxylation is 1. The van der Waals surface area contributed by atoms with E-state index in [4.69, 9.17) is 14.3 Å². The van der Waals surface area contributed by atoms with Crippen molar-refractivity contribution in [3.8, 4) is 5.75 Å². The molecule has 0 aliphatic carbocycles. The minimum atomic E-state index is -3.76. The van der Waals surface area contributed by atoms with Crippen molar-refractivity contribution in [1.29, 1.82) is 0 Å². The van der Waals surface area contributed by atoms with Gasteiger partial charge in [-0.2, -0.15) is 0 Å². The predicted molar refractivity (Wildman–Crippen MR) is 112 cm³/mol. The molecule has 8 nitrogen and oxygen atoms in total. The van der Waals surface area contributed by atoms with E-state index in [1.807, 2.05) is 6.92 Å². The van der Waals surface area contributed by atoms with Gasteiger partial charge in [0.2, 0.25) is 10.0 Å². The van der Waals surface area contributed by atoms with E-state index in [2.05, 4.69) is 5.32 Å². The first-order valence-corrected chi connectivity index (χ1v) is 10.8. The summed E-state index contributed by atoms with van der Waals surface area (Å²) in [6.45, 7) is 3.75. The smallest absolute Gasteiger partial charge is 0.336 e. The lowest BCUT2D eigenvalue weighted by Gasteiger charge is -2.15. The van der Waals surface area contributed by atoms with Crippen molar-refractivity contribution < 1.29 is 22.4 Å². The van der Waals surface area contributed by atoms with Crippen LogP contribution in [0.3, 0.4) is 0 Å². The summed E-state index contributed by atoms with van der Waals surface area (Å²) >= 11 is 0. The van der Waals surface area contributed by atoms with Crippen LogP contribution in [-0.4, -0.2) is 20.4 Å². The lowest BCUT2D eigenvalue weighted by molar-refractivity contribution is -0.127. The highest BCUT2D eigenvalue weighted by Crippen LogP contribution is 2.23. The van der Waals surface area contributed by atoms with Crippen LogP contribution in [0.25, 0.3) is 11.0 Å². The van der Waals surface area contributed by atoms with Gasteiger partial charge in [-0.1, -0.05) is 19.1 Å². The van der Waals surface area contributed by atoms with Crippen LogP contribution in [0.4, 0.5) is 0 Å². The van der Waals surface area contributed by atoms with Gasteiger partial charge in [-0.15, -0.1) is 0 Å². The standard InChI is InChI=1S/C21H22N2O6S/c1-3-15-10-20(24)29-19-11-16(6-9-18(15)19)28-13(2)21(25)23-12-14-4-7-17(8-5-14)30(22,26)27/h4-11,13H,3,12H2,1-2H3,(H,23,25)(H2,22,26,27)/t13-/m0/s1. The summed E-state index contributed by atoms with van der Waals surface area (Å²) in [5, 5.41) is 8.61. The number of hydrogen-bond donors (Lipinski definition) is 2. The molecule has 0 fully saturated rings. The van der Waals surface area contributed by atoms with Gasteiger partial charge in [0.05, 0.1) is 4.90 Å². The average molecular weight is 430 g/mol. The number of ether oxygens (including phenoxy) is 1. The largest absolute Gasteiger partial charge is 0.481 e. The van der Waals surface area contributed by atoms with E-state index in [-0.39, 0.29) is 17.3 Å². The van der Waals surface area contributed by atoms with Gasteiger partial charge in [-0.25, -0.2) is 18.4 Å². The Labute approximate surface area is 173 Å². The zero-order chi connectivity index (χ0) is 21.9. The predicted octanol–water partition coefficient (Wildman–Crippen LogP) is 2.09. The summed E-state index contributed by atoms with van der Waals surface area (Å²) in [5.74, 6) is 0.0495. The highest BCUT2D eigenvalue weighted by atomic mass is 32.2. The molecule has 9 heteroatoms. The fourth-order valence-corrected chi connectivity index (χ4v) is 3.48. The number of rotatable bonds is 7. The Bertz CT molecular complexity index is 1230. The normalized spacial score (nSPS) is 12.5. The molecule has 1 amide bonds. The Kier molecular flexibility index (Phi) is 6.23. The van der Waals surface area contributed by atoms with E-state index in [0.29, 0.717) is 23.3 Å². The summed E-state index contributed by atoms with van der Waals surface area (Å²) in [7, 11) is -3.76. The zero-order valence-corrected chi connectivity index (χ0v) is 17.4. The van der Waals surface area contributed by atoms with Crippen molar-refractivity contribution in [2.45, 2.75) is 37.8 Å². The van der Waals surface area contributed by atoms with E-state index in [1.54, 1.807) is 37.3 Å². The van der Waals surface area contributed by atoms with Gasteiger partial charge in [0.1, 0.15) is 11.3 Å². The molecule has 0 saturated carbocycles. The van der Waals surface area contributed by atoms with Crippen LogP contribution in [0.5, 0.6) is 5.75 Å². The van der Waals surface area contributed by atoms with Crippen molar-refractivity contribution in [3.63, 3.8) is 0 Å². The molecular formula is C21H22N2O6S. The maximum atomic E-state index is 12.3. The number of amides is 1. The lowest BCUT2D eigenvalue weighted by Crippen LogP contribution is -2.35. The molecule has 0 radical (unpaired) electrons. The SMILES string of the molecule is CCc1cc(=O)oc2cc(O[C@@H](C)C(=O)NCc3ccc(S(N)(=O)=O)cc3)ccc12. The number of sulfonamides is 1. The van der Waals surface area contributed by atoms with Crippen LogP contribution in [0.15, 0.2) is 62.6 Å². The quantitative estimate of drug-likeness (QED) is 0.552. The first-order valence-electron chi connectivity index (χ1n) is 9.30. The molecule has 2 aromatic carbocycles. The van der Waals surface area contributed by atoms with Crippen molar-refractivity contribution in [2.75, 3.05) is 0 Å². The molecule has 0 unspecified atom stereocenters. The molecule has 1 atom stereocenters. The Morgan fingerprint density at radius 3 is 2.50 bits per heavy atom. The molecule has 0 aliphatic heterocycles. The second-order valence-electron chi connectivity index (χ2n) is 6.77. The minimum absolute atomic E-state index is 0.00321. The molecule has 0 aliphatic rings. The Hall–Kier alpha value is -3.17. The van der Waals surface area contributed by atoms with E-state index in [0.717, 1.165) is 10.9 Å². The van der Waals surface area contributed by atoms with Gasteiger partial charge >= 0.3 is 5.63 Å². The van der Waals surface area contributed by atoms with Crippen molar-refractivity contribution in [3.05, 3.63) is 70.1 Å². The van der Waals surface area contributed by atoms with Gasteiger partial charge in [0, 0.05) is 24.1 Å². The summed E-state index contributed by atoms with van der Waals surface area (Å²) < 4.78 is 33.5. The van der Waals surface area contributed by atoms with E-state index in [1.165, 1.54) is 18.2 Å². The van der Waals surface area contributed by atoms with Crippen molar-refractivity contribution >= 4 is 26.9 Å². The second-order valence-corrected chi connectivity index (χ2v) is 8.33. The highest BCUT2D eigenvalue weighted by molar-refractivity contribution is 7.89. The second kappa shape index (κ2) is 8.68. The molecule has 1 heterocycles. The third-order valence-electron chi connectivity index (χ3n) is 4.58. The van der Waals surface area contributed by atoms with E-state index in [9.17, 15) is 18.0 Å². The van der Waals surface area contributed by atoms with Gasteiger partial charge in [-0.05, 0) is 48.7 Å². The average Bonchev–Trinajstić information content (AvgIpc) is 2.70. The van der Waals surface area contributed by atoms with Gasteiger partial charge < -0.3 is 14.5 Å². The maximum Gasteiger partial charge on any atom is 0.336 e. The summed E-state index contributed by atoms with van der Waals surface area (Å²) in [5.41, 5.74) is 1.56. The number of carbonyl (C=O) groups excluding carboxylic acids is 1. The van der Waals surface area contributed by atoms with Gasteiger partial charge in [-0.3, -0.25) is 4.79 Å². The molecule has 0 saturated heterocycles. The van der Waals surface area contributed by atoms with Crippen LogP contribution >= 0.6 is 0 Å². The topological polar surface area (TPSA) is 129 Å². The molecule has 0 spiro atoms. The highest BCUT2D eigenvalue weighted by Gasteiger charge is 2.16. The van der Waals surface area contributed by atoms with Crippen LogP contribution in [-0.2, 0) is 27.8 Å². The van der Waals surface area contributed by atoms with Gasteiger partial charge in [0.25, 0.3) is 5.91 Å². The van der Waals surface area contributed by atoms with Crippen molar-refractivity contribution in [1.82, 2.24) is 5.32 Å². The Morgan fingerprint density at radius 1 is 1.17 bits per heavy atom. The Balaban J connectivity index is 1.64. The van der Waals surface area contributed by atoms with Crippen LogP contribution in [0, 0.1) is 0 Å². The third kappa shape index (κ3) is 5.05.